The topological polar surface area (TPSA) is 81.5 Å². The quantitative estimate of drug-likeness (QED) is 0.0495. The van der Waals surface area contributed by atoms with Gasteiger partial charge in [0.25, 0.3) is 0 Å². The van der Waals surface area contributed by atoms with Gasteiger partial charge in [-0.05, 0) is 170 Å². The van der Waals surface area contributed by atoms with Gasteiger partial charge in [0.05, 0.1) is 22.4 Å². The summed E-state index contributed by atoms with van der Waals surface area (Å²) in [4.78, 5) is 4.63. The van der Waals surface area contributed by atoms with Crippen LogP contribution in [0.3, 0.4) is 0 Å². The maximum Gasteiger partial charge on any atom is 0.494 e. The van der Waals surface area contributed by atoms with E-state index in [0.29, 0.717) is 0 Å². The van der Waals surface area contributed by atoms with Crippen molar-refractivity contribution in [3.8, 4) is 0 Å². The summed E-state index contributed by atoms with van der Waals surface area (Å²) in [6.07, 6.45) is 14.9. The molecule has 0 aromatic heterocycles. The molecule has 2 saturated heterocycles. The molecule has 2 aliphatic rings. The largest absolute Gasteiger partial charge is 0.494 e. The first kappa shape index (κ1) is 51.3. The van der Waals surface area contributed by atoms with Crippen molar-refractivity contribution in [1.29, 1.82) is 0 Å². The van der Waals surface area contributed by atoms with Gasteiger partial charge in [-0.1, -0.05) is 114 Å². The average molecular weight is 919 g/mol. The molecule has 0 amide bonds. The average Bonchev–Trinajstić information content (AvgIpc) is 3.69. The normalized spacial score (nSPS) is 17.3. The van der Waals surface area contributed by atoms with Crippen molar-refractivity contribution in [2.45, 2.75) is 175 Å². The van der Waals surface area contributed by atoms with Crippen molar-refractivity contribution in [1.82, 2.24) is 0 Å². The van der Waals surface area contributed by atoms with E-state index in [1.54, 1.807) is 0 Å². The van der Waals surface area contributed by atoms with Crippen LogP contribution in [0.4, 0.5) is 39.8 Å². The van der Waals surface area contributed by atoms with Crippen LogP contribution >= 0.6 is 0 Å². The molecule has 10 heteroatoms. The van der Waals surface area contributed by atoms with Crippen molar-refractivity contribution in [3.05, 3.63) is 127 Å². The van der Waals surface area contributed by atoms with Crippen LogP contribution in [0.25, 0.3) is 0 Å². The van der Waals surface area contributed by atoms with E-state index in [-0.39, 0.29) is 6.04 Å². The van der Waals surface area contributed by atoms with E-state index in [4.69, 9.17) is 24.4 Å². The second-order valence-corrected chi connectivity index (χ2v) is 21.2. The van der Waals surface area contributed by atoms with Crippen LogP contribution in [0.1, 0.15) is 158 Å². The van der Waals surface area contributed by atoms with Gasteiger partial charge in [0.2, 0.25) is 0 Å². The highest BCUT2D eigenvalue weighted by atomic mass is 16.7. The van der Waals surface area contributed by atoms with Crippen molar-refractivity contribution in [3.63, 3.8) is 0 Å². The Morgan fingerprint density at radius 1 is 0.426 bits per heavy atom. The molecule has 0 spiro atoms. The number of hydrogen-bond donors (Lipinski definition) is 2. The summed E-state index contributed by atoms with van der Waals surface area (Å²) in [5, 5.41) is 3.66. The Morgan fingerprint density at radius 2 is 0.735 bits per heavy atom. The Hall–Kier alpha value is -4.57. The van der Waals surface area contributed by atoms with Gasteiger partial charge in [0.15, 0.2) is 0 Å². The Labute approximate surface area is 411 Å². The van der Waals surface area contributed by atoms with Crippen LogP contribution in [-0.2, 0) is 18.6 Å². The summed E-state index contributed by atoms with van der Waals surface area (Å²) in [6, 6.07) is 43.7. The van der Waals surface area contributed by atoms with E-state index >= 15 is 0 Å². The molecule has 0 bridgehead atoms. The van der Waals surface area contributed by atoms with E-state index < -0.39 is 36.6 Å². The SMILES string of the molecule is CCCCCCCCNc1ccc(N(c2ccc(B3OC(C)(C)C(C)(C)O3)cc2)c2ccc(N(c3ccc(B4OC(C)(C)C(C)(C)O4)cc3)c3ccc(C(N)CCCCCCC)cc3)cc2)cc1. The molecule has 0 aliphatic carbocycles. The monoisotopic (exact) mass is 919 g/mol. The van der Waals surface area contributed by atoms with E-state index in [9.17, 15) is 0 Å². The van der Waals surface area contributed by atoms with Gasteiger partial charge in [0.1, 0.15) is 0 Å². The lowest BCUT2D eigenvalue weighted by molar-refractivity contribution is 0.00578. The first-order valence-corrected chi connectivity index (χ1v) is 25.8. The molecule has 1 unspecified atom stereocenters. The summed E-state index contributed by atoms with van der Waals surface area (Å²) in [6.45, 7) is 22.3. The fourth-order valence-electron chi connectivity index (χ4n) is 9.04. The molecule has 362 valence electrons. The summed E-state index contributed by atoms with van der Waals surface area (Å²) in [7, 11) is -0.872. The number of nitrogens with one attached hydrogen (secondary N) is 1. The summed E-state index contributed by atoms with van der Waals surface area (Å²) in [5.41, 5.74) is 15.7. The van der Waals surface area contributed by atoms with Crippen LogP contribution < -0.4 is 31.8 Å². The minimum Gasteiger partial charge on any atom is -0.399 e. The Morgan fingerprint density at radius 3 is 1.12 bits per heavy atom. The van der Waals surface area contributed by atoms with Crippen LogP contribution in [0.15, 0.2) is 121 Å². The molecule has 2 aliphatic heterocycles. The molecule has 3 N–H and O–H groups in total. The second kappa shape index (κ2) is 22.5. The molecule has 68 heavy (non-hydrogen) atoms. The zero-order valence-electron chi connectivity index (χ0n) is 43.1. The first-order valence-electron chi connectivity index (χ1n) is 25.8. The predicted molar refractivity (Wildman–Crippen MR) is 289 cm³/mol. The van der Waals surface area contributed by atoms with Gasteiger partial charge in [-0.15, -0.1) is 0 Å². The Kier molecular flexibility index (Phi) is 16.9. The Balaban J connectivity index is 1.18. The fraction of sp³-hybridized carbons (Fsp3) is 0.483. The van der Waals surface area contributed by atoms with Gasteiger partial charge < -0.3 is 39.5 Å². The maximum atomic E-state index is 6.77. The molecule has 5 aromatic rings. The molecule has 1 atom stereocenters. The molecule has 8 nitrogen and oxygen atoms in total. The summed E-state index contributed by atoms with van der Waals surface area (Å²) < 4.78 is 25.7. The third kappa shape index (κ3) is 12.2. The third-order valence-corrected chi connectivity index (χ3v) is 14.9. The number of unbranched alkanes of at least 4 members (excludes halogenated alkanes) is 9. The molecular weight excluding hydrogens is 838 g/mol. The second-order valence-electron chi connectivity index (χ2n) is 21.2. The smallest absolute Gasteiger partial charge is 0.399 e. The number of hydrogen-bond acceptors (Lipinski definition) is 8. The first-order chi connectivity index (χ1) is 32.5. The van der Waals surface area contributed by atoms with Crippen LogP contribution in [0.5, 0.6) is 0 Å². The van der Waals surface area contributed by atoms with Crippen molar-refractivity contribution in [2.75, 3.05) is 21.7 Å². The number of nitrogens with zero attached hydrogens (tertiary/aromatic N) is 2. The summed E-state index contributed by atoms with van der Waals surface area (Å²) in [5.74, 6) is 0. The van der Waals surface area contributed by atoms with E-state index in [1.807, 2.05) is 0 Å². The highest BCUT2D eigenvalue weighted by molar-refractivity contribution is 6.62. The number of anilines is 7. The highest BCUT2D eigenvalue weighted by Crippen LogP contribution is 2.42. The van der Waals surface area contributed by atoms with Gasteiger partial charge in [-0.2, -0.15) is 0 Å². The lowest BCUT2D eigenvalue weighted by atomic mass is 9.79. The predicted octanol–water partition coefficient (Wildman–Crippen LogP) is 14.4. The standard InChI is InChI=1S/C58H80B2N4O4/c1-11-13-15-17-19-21-43-62-47-29-37-51(38-30-47)64(50-35-27-46(28-36-50)60-67-57(7,8)58(9,10)68-60)53-41-39-52(40-42-53)63(48-31-23-44(24-32-48)54(61)22-20-18-16-14-12-2)49-33-25-45(26-34-49)59-65-55(3,4)56(5,6)66-59/h23-42,54,62H,11-22,43,61H2,1-10H3. The maximum absolute atomic E-state index is 6.77. The number of rotatable bonds is 23. The van der Waals surface area contributed by atoms with Gasteiger partial charge in [-0.25, -0.2) is 0 Å². The number of benzene rings is 5. The molecule has 2 heterocycles. The minimum absolute atomic E-state index is 0.0136. The number of nitrogens with two attached hydrogens (primary N) is 1. The van der Waals surface area contributed by atoms with Crippen LogP contribution in [0.2, 0.25) is 0 Å². The summed E-state index contributed by atoms with van der Waals surface area (Å²) >= 11 is 0. The van der Waals surface area contributed by atoms with Gasteiger partial charge >= 0.3 is 14.2 Å². The van der Waals surface area contributed by atoms with Crippen molar-refractivity contribution in [2.24, 2.45) is 5.73 Å². The molecule has 5 aromatic carbocycles. The zero-order valence-corrected chi connectivity index (χ0v) is 43.1. The van der Waals surface area contributed by atoms with Gasteiger partial charge in [0, 0.05) is 52.4 Å². The van der Waals surface area contributed by atoms with Crippen LogP contribution in [0, 0.1) is 0 Å². The fourth-order valence-corrected chi connectivity index (χ4v) is 9.04. The van der Waals surface area contributed by atoms with E-state index in [1.165, 1.54) is 69.8 Å². The lowest BCUT2D eigenvalue weighted by Gasteiger charge is -2.32. The molecule has 7 rings (SSSR count). The van der Waals surface area contributed by atoms with Crippen molar-refractivity contribution < 1.29 is 18.6 Å². The van der Waals surface area contributed by atoms with Crippen molar-refractivity contribution >= 4 is 65.0 Å². The van der Waals surface area contributed by atoms with E-state index in [2.05, 4.69) is 206 Å². The lowest BCUT2D eigenvalue weighted by Crippen LogP contribution is -2.41. The highest BCUT2D eigenvalue weighted by Gasteiger charge is 2.52. The zero-order chi connectivity index (χ0) is 48.5. The molecule has 0 saturated carbocycles. The molecule has 2 fully saturated rings. The molecule has 0 radical (unpaired) electrons. The molecular formula is C58H80B2N4O4. The Bertz CT molecular complexity index is 2290. The minimum atomic E-state index is -0.438. The van der Waals surface area contributed by atoms with Crippen LogP contribution in [-0.4, -0.2) is 43.2 Å². The van der Waals surface area contributed by atoms with Gasteiger partial charge in [-0.3, -0.25) is 0 Å². The third-order valence-electron chi connectivity index (χ3n) is 14.9. The van der Waals surface area contributed by atoms with E-state index in [0.717, 1.165) is 70.1 Å².